The molecule has 160 valence electrons. The minimum absolute atomic E-state index is 0.193. The number of ether oxygens (including phenoxy) is 2. The van der Waals surface area contributed by atoms with Gasteiger partial charge in [-0.1, -0.05) is 29.5 Å². The maximum atomic E-state index is 13.5. The van der Waals surface area contributed by atoms with Crippen molar-refractivity contribution in [3.05, 3.63) is 82.7 Å². The van der Waals surface area contributed by atoms with E-state index in [4.69, 9.17) is 9.47 Å². The summed E-state index contributed by atoms with van der Waals surface area (Å²) in [5.41, 5.74) is 2.51. The van der Waals surface area contributed by atoms with Gasteiger partial charge in [-0.15, -0.1) is 11.3 Å². The fourth-order valence-electron chi connectivity index (χ4n) is 3.63. The minimum atomic E-state index is -0.682. The van der Waals surface area contributed by atoms with Gasteiger partial charge in [0.25, 0.3) is 5.56 Å². The Morgan fingerprint density at radius 1 is 1.26 bits per heavy atom. The van der Waals surface area contributed by atoms with Crippen molar-refractivity contribution in [2.24, 2.45) is 4.99 Å². The maximum Gasteiger partial charge on any atom is 0.338 e. The molecule has 0 amide bonds. The molecule has 1 atom stereocenters. The molecular formula is C23H22N2O4S2. The maximum absolute atomic E-state index is 13.5. The molecule has 4 rings (SSSR count). The van der Waals surface area contributed by atoms with Crippen LogP contribution in [0.25, 0.3) is 6.08 Å². The van der Waals surface area contributed by atoms with Crippen molar-refractivity contribution in [3.8, 4) is 5.75 Å². The standard InChI is InChI=1S/C23H22N2O4S2/c1-5-29-22(27)19-14(3)24-23-25(20(19)15-8-6-7-9-16(15)28-4)21(26)18(31-23)12-17-13(2)10-11-30-17/h6-12,20H,5H2,1-4H3/b18-12+/t20-/m0/s1. The highest BCUT2D eigenvalue weighted by Crippen LogP contribution is 2.35. The summed E-state index contributed by atoms with van der Waals surface area (Å²) in [4.78, 5) is 32.6. The Bertz CT molecular complexity index is 1360. The molecule has 0 unspecified atom stereocenters. The van der Waals surface area contributed by atoms with Crippen molar-refractivity contribution in [1.82, 2.24) is 4.57 Å². The Morgan fingerprint density at radius 2 is 2.03 bits per heavy atom. The van der Waals surface area contributed by atoms with Gasteiger partial charge in [0.1, 0.15) is 11.8 Å². The average Bonchev–Trinajstić information content (AvgIpc) is 3.30. The highest BCUT2D eigenvalue weighted by molar-refractivity contribution is 7.11. The normalized spacial score (nSPS) is 16.1. The van der Waals surface area contributed by atoms with Crippen molar-refractivity contribution in [1.29, 1.82) is 0 Å². The molecule has 0 fully saturated rings. The van der Waals surface area contributed by atoms with Crippen molar-refractivity contribution < 1.29 is 14.3 Å². The molecule has 0 N–H and O–H groups in total. The zero-order valence-corrected chi connectivity index (χ0v) is 19.3. The number of thiazole rings is 1. The monoisotopic (exact) mass is 454 g/mol. The van der Waals surface area contributed by atoms with Gasteiger partial charge in [-0.25, -0.2) is 9.79 Å². The number of carbonyl (C=O) groups is 1. The highest BCUT2D eigenvalue weighted by atomic mass is 32.1. The summed E-state index contributed by atoms with van der Waals surface area (Å²) >= 11 is 2.90. The van der Waals surface area contributed by atoms with E-state index in [1.54, 1.807) is 36.9 Å². The van der Waals surface area contributed by atoms with E-state index in [-0.39, 0.29) is 12.2 Å². The van der Waals surface area contributed by atoms with Crippen LogP contribution < -0.4 is 19.6 Å². The number of benzene rings is 1. The number of para-hydroxylation sites is 1. The lowest BCUT2D eigenvalue weighted by atomic mass is 9.95. The Morgan fingerprint density at radius 3 is 2.71 bits per heavy atom. The number of methoxy groups -OCH3 is 1. The highest BCUT2D eigenvalue weighted by Gasteiger charge is 2.34. The summed E-state index contributed by atoms with van der Waals surface area (Å²) in [6.07, 6.45) is 1.90. The van der Waals surface area contributed by atoms with Crippen LogP contribution >= 0.6 is 22.7 Å². The van der Waals surface area contributed by atoms with Crippen molar-refractivity contribution in [2.75, 3.05) is 13.7 Å². The van der Waals surface area contributed by atoms with E-state index in [2.05, 4.69) is 4.99 Å². The second kappa shape index (κ2) is 8.64. The number of allylic oxidation sites excluding steroid dienone is 1. The number of fused-ring (bicyclic) bond motifs is 1. The summed E-state index contributed by atoms with van der Waals surface area (Å²) in [6.45, 7) is 5.77. The van der Waals surface area contributed by atoms with E-state index < -0.39 is 12.0 Å². The second-order valence-electron chi connectivity index (χ2n) is 7.01. The molecule has 1 aliphatic heterocycles. The van der Waals surface area contributed by atoms with Gasteiger partial charge in [0, 0.05) is 10.4 Å². The van der Waals surface area contributed by atoms with Crippen LogP contribution in [-0.2, 0) is 9.53 Å². The van der Waals surface area contributed by atoms with E-state index in [0.717, 1.165) is 10.4 Å². The average molecular weight is 455 g/mol. The van der Waals surface area contributed by atoms with Gasteiger partial charge in [0.05, 0.1) is 29.5 Å². The summed E-state index contributed by atoms with van der Waals surface area (Å²) < 4.78 is 13.0. The first-order valence-corrected chi connectivity index (χ1v) is 11.5. The molecular weight excluding hydrogens is 432 g/mol. The Hall–Kier alpha value is -2.97. The molecule has 6 nitrogen and oxygen atoms in total. The predicted octanol–water partition coefficient (Wildman–Crippen LogP) is 3.18. The molecule has 0 aliphatic carbocycles. The van der Waals surface area contributed by atoms with Crippen LogP contribution in [0.5, 0.6) is 5.75 Å². The van der Waals surface area contributed by atoms with E-state index in [1.165, 1.54) is 11.3 Å². The predicted molar refractivity (Wildman–Crippen MR) is 122 cm³/mol. The molecule has 1 aliphatic rings. The van der Waals surface area contributed by atoms with E-state index >= 15 is 0 Å². The number of aryl methyl sites for hydroxylation is 1. The summed E-state index contributed by atoms with van der Waals surface area (Å²) in [5.74, 6) is 0.107. The molecule has 3 heterocycles. The van der Waals surface area contributed by atoms with Crippen LogP contribution in [-0.4, -0.2) is 24.3 Å². The zero-order chi connectivity index (χ0) is 22.1. The van der Waals surface area contributed by atoms with Gasteiger partial charge in [-0.05, 0) is 49.9 Å². The van der Waals surface area contributed by atoms with E-state index in [9.17, 15) is 9.59 Å². The van der Waals surface area contributed by atoms with Crippen LogP contribution in [0.1, 0.15) is 35.9 Å². The zero-order valence-electron chi connectivity index (χ0n) is 17.7. The van der Waals surface area contributed by atoms with Gasteiger partial charge in [0.15, 0.2) is 4.80 Å². The number of hydrogen-bond acceptors (Lipinski definition) is 7. The minimum Gasteiger partial charge on any atom is -0.496 e. The van der Waals surface area contributed by atoms with Gasteiger partial charge in [-0.3, -0.25) is 9.36 Å². The van der Waals surface area contributed by atoms with Crippen LogP contribution in [0.4, 0.5) is 0 Å². The van der Waals surface area contributed by atoms with Gasteiger partial charge in [0.2, 0.25) is 0 Å². The fourth-order valence-corrected chi connectivity index (χ4v) is 5.59. The van der Waals surface area contributed by atoms with E-state index in [0.29, 0.717) is 31.9 Å². The number of rotatable bonds is 5. The number of thiophene rings is 1. The Kier molecular flexibility index (Phi) is 5.93. The molecule has 0 radical (unpaired) electrons. The molecule has 8 heteroatoms. The molecule has 0 spiro atoms. The Labute approximate surface area is 187 Å². The van der Waals surface area contributed by atoms with Crippen LogP contribution in [0, 0.1) is 6.92 Å². The van der Waals surface area contributed by atoms with E-state index in [1.807, 2.05) is 48.7 Å². The SMILES string of the molecule is CCOC(=O)C1=C(C)N=c2s/c(=C/c3sccc3C)c(=O)n2[C@H]1c1ccccc1OC. The topological polar surface area (TPSA) is 69.9 Å². The third kappa shape index (κ3) is 3.77. The molecule has 0 saturated heterocycles. The van der Waals surface area contributed by atoms with Gasteiger partial charge < -0.3 is 9.47 Å². The van der Waals surface area contributed by atoms with Gasteiger partial charge >= 0.3 is 5.97 Å². The second-order valence-corrected chi connectivity index (χ2v) is 8.97. The quantitative estimate of drug-likeness (QED) is 0.556. The largest absolute Gasteiger partial charge is 0.496 e. The lowest BCUT2D eigenvalue weighted by Crippen LogP contribution is -2.40. The molecule has 0 saturated carbocycles. The fraction of sp³-hybridized carbons (Fsp3) is 0.261. The lowest BCUT2D eigenvalue weighted by molar-refractivity contribution is -0.139. The summed E-state index contributed by atoms with van der Waals surface area (Å²) in [5, 5.41) is 2.00. The van der Waals surface area contributed by atoms with Crippen molar-refractivity contribution in [3.63, 3.8) is 0 Å². The first-order chi connectivity index (χ1) is 15.0. The van der Waals surface area contributed by atoms with Gasteiger partial charge in [-0.2, -0.15) is 0 Å². The third-order valence-electron chi connectivity index (χ3n) is 5.11. The summed E-state index contributed by atoms with van der Waals surface area (Å²) in [7, 11) is 1.57. The third-order valence-corrected chi connectivity index (χ3v) is 7.06. The Balaban J connectivity index is 2.01. The molecule has 1 aromatic carbocycles. The van der Waals surface area contributed by atoms with Crippen LogP contribution in [0.15, 0.2) is 56.8 Å². The first-order valence-electron chi connectivity index (χ1n) is 9.83. The molecule has 2 aromatic heterocycles. The lowest BCUT2D eigenvalue weighted by Gasteiger charge is -2.25. The number of hydrogen-bond donors (Lipinski definition) is 0. The smallest absolute Gasteiger partial charge is 0.338 e. The van der Waals surface area contributed by atoms with Crippen molar-refractivity contribution >= 4 is 34.7 Å². The summed E-state index contributed by atoms with van der Waals surface area (Å²) in [6, 6.07) is 8.74. The molecule has 0 bridgehead atoms. The molecule has 31 heavy (non-hydrogen) atoms. The first kappa shape index (κ1) is 21.3. The van der Waals surface area contributed by atoms with Crippen LogP contribution in [0.2, 0.25) is 0 Å². The van der Waals surface area contributed by atoms with Crippen molar-refractivity contribution in [2.45, 2.75) is 26.8 Å². The number of carbonyl (C=O) groups excluding carboxylic acids is 1. The number of nitrogens with zero attached hydrogens (tertiary/aromatic N) is 2. The molecule has 3 aromatic rings. The number of aromatic nitrogens is 1. The number of esters is 1. The van der Waals surface area contributed by atoms with Crippen LogP contribution in [0.3, 0.4) is 0 Å².